The number of urea groups is 1. The van der Waals surface area contributed by atoms with Gasteiger partial charge in [0.2, 0.25) is 0 Å². The highest BCUT2D eigenvalue weighted by Gasteiger charge is 2.13. The van der Waals surface area contributed by atoms with E-state index in [-0.39, 0.29) is 6.03 Å². The van der Waals surface area contributed by atoms with E-state index in [2.05, 4.69) is 10.6 Å². The molecule has 2 rings (SSSR count). The van der Waals surface area contributed by atoms with Gasteiger partial charge in [-0.3, -0.25) is 0 Å². The molecule has 0 saturated carbocycles. The van der Waals surface area contributed by atoms with E-state index in [0.29, 0.717) is 24.0 Å². The fourth-order valence-electron chi connectivity index (χ4n) is 2.17. The highest BCUT2D eigenvalue weighted by Crippen LogP contribution is 2.15. The maximum absolute atomic E-state index is 11.7. The van der Waals surface area contributed by atoms with E-state index in [0.717, 1.165) is 25.9 Å². The van der Waals surface area contributed by atoms with Crippen LogP contribution in [-0.2, 0) is 4.74 Å². The number of carbonyl (C=O) groups excluding carboxylic acids is 1. The van der Waals surface area contributed by atoms with Crippen LogP contribution in [0.25, 0.3) is 0 Å². The number of benzene rings is 1. The molecule has 0 aromatic heterocycles. The summed E-state index contributed by atoms with van der Waals surface area (Å²) in [5, 5.41) is 5.58. The molecule has 4 N–H and O–H groups in total. The molecule has 104 valence electrons. The van der Waals surface area contributed by atoms with Gasteiger partial charge in [0.1, 0.15) is 0 Å². The number of ether oxygens (including phenoxy) is 1. The standard InChI is InChI=1S/C14H21N3O2/c15-11-4-3-5-12(10-11)17-14(18)16-8-7-13-6-1-2-9-19-13/h3-5,10,13H,1-2,6-9,15H2,(H2,16,17,18). The monoisotopic (exact) mass is 263 g/mol. The Morgan fingerprint density at radius 2 is 2.32 bits per heavy atom. The van der Waals surface area contributed by atoms with Crippen LogP contribution in [0.15, 0.2) is 24.3 Å². The normalized spacial score (nSPS) is 18.8. The molecule has 0 bridgehead atoms. The Kier molecular flexibility index (Phi) is 5.03. The minimum absolute atomic E-state index is 0.207. The summed E-state index contributed by atoms with van der Waals surface area (Å²) in [4.78, 5) is 11.7. The van der Waals surface area contributed by atoms with E-state index in [1.54, 1.807) is 24.3 Å². The lowest BCUT2D eigenvalue weighted by atomic mass is 10.1. The molecule has 1 aliphatic rings. The molecule has 1 fully saturated rings. The molecule has 1 aliphatic heterocycles. The fourth-order valence-corrected chi connectivity index (χ4v) is 2.17. The van der Waals surface area contributed by atoms with Crippen molar-refractivity contribution in [3.8, 4) is 0 Å². The van der Waals surface area contributed by atoms with Gasteiger partial charge in [-0.1, -0.05) is 6.07 Å². The summed E-state index contributed by atoms with van der Waals surface area (Å²) in [5.74, 6) is 0. The average molecular weight is 263 g/mol. The van der Waals surface area contributed by atoms with Crippen molar-refractivity contribution >= 4 is 17.4 Å². The van der Waals surface area contributed by atoms with Gasteiger partial charge in [-0.05, 0) is 43.9 Å². The summed E-state index contributed by atoms with van der Waals surface area (Å²) in [6.45, 7) is 1.47. The third kappa shape index (κ3) is 4.79. The van der Waals surface area contributed by atoms with Crippen molar-refractivity contribution in [3.05, 3.63) is 24.3 Å². The molecule has 1 unspecified atom stereocenters. The number of rotatable bonds is 4. The van der Waals surface area contributed by atoms with Crippen LogP contribution in [0.4, 0.5) is 16.2 Å². The number of anilines is 2. The first kappa shape index (κ1) is 13.7. The molecule has 0 aliphatic carbocycles. The zero-order chi connectivity index (χ0) is 13.5. The molecule has 5 nitrogen and oxygen atoms in total. The van der Waals surface area contributed by atoms with Gasteiger partial charge in [-0.2, -0.15) is 0 Å². The third-order valence-corrected chi connectivity index (χ3v) is 3.17. The molecule has 1 aromatic carbocycles. The minimum Gasteiger partial charge on any atom is -0.399 e. The van der Waals surface area contributed by atoms with Crippen LogP contribution in [0.1, 0.15) is 25.7 Å². The van der Waals surface area contributed by atoms with Crippen LogP contribution in [0.3, 0.4) is 0 Å². The predicted octanol–water partition coefficient (Wildman–Crippen LogP) is 2.35. The third-order valence-electron chi connectivity index (χ3n) is 3.17. The van der Waals surface area contributed by atoms with Crippen molar-refractivity contribution in [2.24, 2.45) is 0 Å². The van der Waals surface area contributed by atoms with Crippen LogP contribution in [0.2, 0.25) is 0 Å². The lowest BCUT2D eigenvalue weighted by molar-refractivity contribution is 0.0120. The molecule has 0 radical (unpaired) electrons. The summed E-state index contributed by atoms with van der Waals surface area (Å²) in [5.41, 5.74) is 6.98. The van der Waals surface area contributed by atoms with Gasteiger partial charge in [0.15, 0.2) is 0 Å². The number of hydrogen-bond donors (Lipinski definition) is 3. The number of hydrogen-bond acceptors (Lipinski definition) is 3. The highest BCUT2D eigenvalue weighted by atomic mass is 16.5. The van der Waals surface area contributed by atoms with Gasteiger partial charge in [-0.25, -0.2) is 4.79 Å². The fraction of sp³-hybridized carbons (Fsp3) is 0.500. The maximum atomic E-state index is 11.7. The Balaban J connectivity index is 1.67. The first-order valence-electron chi connectivity index (χ1n) is 6.76. The molecule has 1 aromatic rings. The molecular formula is C14H21N3O2. The van der Waals surface area contributed by atoms with Crippen molar-refractivity contribution < 1.29 is 9.53 Å². The lowest BCUT2D eigenvalue weighted by Crippen LogP contribution is -2.32. The van der Waals surface area contributed by atoms with Crippen molar-refractivity contribution in [2.75, 3.05) is 24.2 Å². The van der Waals surface area contributed by atoms with E-state index in [9.17, 15) is 4.79 Å². The minimum atomic E-state index is -0.207. The summed E-state index contributed by atoms with van der Waals surface area (Å²) < 4.78 is 5.61. The number of amides is 2. The molecule has 1 saturated heterocycles. The molecule has 0 spiro atoms. The maximum Gasteiger partial charge on any atom is 0.319 e. The highest BCUT2D eigenvalue weighted by molar-refractivity contribution is 5.89. The van der Waals surface area contributed by atoms with Gasteiger partial charge < -0.3 is 21.1 Å². The Labute approximate surface area is 113 Å². The van der Waals surface area contributed by atoms with E-state index in [1.165, 1.54) is 6.42 Å². The number of carbonyl (C=O) groups is 1. The summed E-state index contributed by atoms with van der Waals surface area (Å²) in [6.07, 6.45) is 4.63. The molecule has 5 heteroatoms. The van der Waals surface area contributed by atoms with Crippen LogP contribution in [0.5, 0.6) is 0 Å². The smallest absolute Gasteiger partial charge is 0.319 e. The van der Waals surface area contributed by atoms with Gasteiger partial charge >= 0.3 is 6.03 Å². The van der Waals surface area contributed by atoms with Crippen LogP contribution in [-0.4, -0.2) is 25.3 Å². The largest absolute Gasteiger partial charge is 0.399 e. The summed E-state index contributed by atoms with van der Waals surface area (Å²) in [6, 6.07) is 6.91. The predicted molar refractivity (Wildman–Crippen MR) is 76.1 cm³/mol. The number of nitrogens with one attached hydrogen (secondary N) is 2. The zero-order valence-electron chi connectivity index (χ0n) is 11.0. The van der Waals surface area contributed by atoms with Gasteiger partial charge in [0.25, 0.3) is 0 Å². The molecule has 2 amide bonds. The molecule has 1 atom stereocenters. The van der Waals surface area contributed by atoms with E-state index in [4.69, 9.17) is 10.5 Å². The second kappa shape index (κ2) is 6.99. The SMILES string of the molecule is Nc1cccc(NC(=O)NCCC2CCCCO2)c1. The Hall–Kier alpha value is -1.75. The zero-order valence-corrected chi connectivity index (χ0v) is 11.0. The van der Waals surface area contributed by atoms with E-state index < -0.39 is 0 Å². The second-order valence-electron chi connectivity index (χ2n) is 4.78. The van der Waals surface area contributed by atoms with Crippen molar-refractivity contribution in [1.29, 1.82) is 0 Å². The van der Waals surface area contributed by atoms with E-state index in [1.807, 2.05) is 0 Å². The molecular weight excluding hydrogens is 242 g/mol. The van der Waals surface area contributed by atoms with Crippen LogP contribution < -0.4 is 16.4 Å². The number of nitrogen functional groups attached to an aromatic ring is 1. The first-order chi connectivity index (χ1) is 9.24. The van der Waals surface area contributed by atoms with Crippen LogP contribution >= 0.6 is 0 Å². The van der Waals surface area contributed by atoms with Crippen molar-refractivity contribution in [3.63, 3.8) is 0 Å². The molecule has 1 heterocycles. The average Bonchev–Trinajstić information content (AvgIpc) is 2.40. The molecule has 19 heavy (non-hydrogen) atoms. The Morgan fingerprint density at radius 1 is 1.42 bits per heavy atom. The quantitative estimate of drug-likeness (QED) is 0.730. The summed E-state index contributed by atoms with van der Waals surface area (Å²) >= 11 is 0. The number of nitrogens with two attached hydrogens (primary N) is 1. The van der Waals surface area contributed by atoms with Gasteiger partial charge in [0, 0.05) is 24.5 Å². The van der Waals surface area contributed by atoms with Gasteiger partial charge in [-0.15, -0.1) is 0 Å². The Bertz CT molecular complexity index is 417. The summed E-state index contributed by atoms with van der Waals surface area (Å²) in [7, 11) is 0. The van der Waals surface area contributed by atoms with Gasteiger partial charge in [0.05, 0.1) is 6.10 Å². The second-order valence-corrected chi connectivity index (χ2v) is 4.78. The van der Waals surface area contributed by atoms with Crippen molar-refractivity contribution in [1.82, 2.24) is 5.32 Å². The van der Waals surface area contributed by atoms with Crippen molar-refractivity contribution in [2.45, 2.75) is 31.8 Å². The Morgan fingerprint density at radius 3 is 3.05 bits per heavy atom. The lowest BCUT2D eigenvalue weighted by Gasteiger charge is -2.22. The van der Waals surface area contributed by atoms with Crippen LogP contribution in [0, 0.1) is 0 Å². The first-order valence-corrected chi connectivity index (χ1v) is 6.76. The van der Waals surface area contributed by atoms with E-state index >= 15 is 0 Å². The topological polar surface area (TPSA) is 76.4 Å².